The molecule has 3 aromatic rings. The number of carbonyl (C=O) groups excluding carboxylic acids is 1. The summed E-state index contributed by atoms with van der Waals surface area (Å²) in [5, 5.41) is 13.2. The van der Waals surface area contributed by atoms with E-state index in [0.717, 1.165) is 5.56 Å². The maximum absolute atomic E-state index is 12.8. The first-order valence-corrected chi connectivity index (χ1v) is 8.86. The number of hydrogen-bond donors (Lipinski definition) is 1. The summed E-state index contributed by atoms with van der Waals surface area (Å²) in [5.74, 6) is 1.28. The summed E-state index contributed by atoms with van der Waals surface area (Å²) in [6.07, 6.45) is 0. The van der Waals surface area contributed by atoms with E-state index in [2.05, 4.69) is 5.16 Å². The first-order valence-electron chi connectivity index (χ1n) is 8.86. The van der Waals surface area contributed by atoms with Crippen molar-refractivity contribution in [2.75, 3.05) is 20.3 Å². The lowest BCUT2D eigenvalue weighted by Gasteiger charge is -2.20. The van der Waals surface area contributed by atoms with Crippen LogP contribution in [0, 0.1) is 0 Å². The molecule has 1 amide bonds. The van der Waals surface area contributed by atoms with Crippen LogP contribution in [0.4, 0.5) is 0 Å². The second kappa shape index (κ2) is 9.57. The minimum absolute atomic E-state index is 0.110. The van der Waals surface area contributed by atoms with Gasteiger partial charge in [-0.15, -0.1) is 0 Å². The summed E-state index contributed by atoms with van der Waals surface area (Å²) in [6, 6.07) is 18.4. The van der Waals surface area contributed by atoms with Gasteiger partial charge in [0.15, 0.2) is 23.0 Å². The van der Waals surface area contributed by atoms with Crippen LogP contribution in [-0.4, -0.2) is 41.3 Å². The molecule has 0 saturated heterocycles. The van der Waals surface area contributed by atoms with Crippen LogP contribution < -0.4 is 9.47 Å². The smallest absolute Gasteiger partial charge is 0.276 e. The fourth-order valence-electron chi connectivity index (χ4n) is 2.71. The number of methoxy groups -OCH3 is 1. The summed E-state index contributed by atoms with van der Waals surface area (Å²) >= 11 is 0. The number of nitrogens with zero attached hydrogens (tertiary/aromatic N) is 2. The van der Waals surface area contributed by atoms with Crippen LogP contribution in [0.5, 0.6) is 11.5 Å². The number of aliphatic hydroxyl groups excluding tert-OH is 1. The SMILES string of the molecule is COc1ccccc1OCc1cc(C(=O)N(CCO)Cc2ccccc2)no1. The van der Waals surface area contributed by atoms with Crippen LogP contribution in [0.2, 0.25) is 0 Å². The van der Waals surface area contributed by atoms with Crippen molar-refractivity contribution in [3.05, 3.63) is 77.7 Å². The van der Waals surface area contributed by atoms with E-state index in [0.29, 0.717) is 23.8 Å². The third-order valence-electron chi connectivity index (χ3n) is 4.09. The Kier molecular flexibility index (Phi) is 6.64. The molecule has 28 heavy (non-hydrogen) atoms. The number of aromatic nitrogens is 1. The Bertz CT molecular complexity index is 895. The molecule has 7 heteroatoms. The zero-order valence-electron chi connectivity index (χ0n) is 15.6. The molecule has 2 aromatic carbocycles. The monoisotopic (exact) mass is 382 g/mol. The Morgan fingerprint density at radius 2 is 1.82 bits per heavy atom. The minimum atomic E-state index is -0.315. The van der Waals surface area contributed by atoms with E-state index in [1.165, 1.54) is 4.90 Å². The van der Waals surface area contributed by atoms with Gasteiger partial charge in [-0.1, -0.05) is 47.6 Å². The van der Waals surface area contributed by atoms with Crippen LogP contribution in [0.25, 0.3) is 0 Å². The molecule has 0 fully saturated rings. The van der Waals surface area contributed by atoms with Crippen molar-refractivity contribution in [3.8, 4) is 11.5 Å². The van der Waals surface area contributed by atoms with Crippen molar-refractivity contribution in [1.29, 1.82) is 0 Å². The highest BCUT2D eigenvalue weighted by molar-refractivity contribution is 5.92. The van der Waals surface area contributed by atoms with Gasteiger partial charge in [-0.3, -0.25) is 4.79 Å². The maximum atomic E-state index is 12.8. The van der Waals surface area contributed by atoms with Crippen LogP contribution >= 0.6 is 0 Å². The number of hydrogen-bond acceptors (Lipinski definition) is 6. The molecule has 0 spiro atoms. The normalized spacial score (nSPS) is 10.5. The minimum Gasteiger partial charge on any atom is -0.493 e. The molecule has 3 rings (SSSR count). The van der Waals surface area contributed by atoms with E-state index in [1.807, 2.05) is 42.5 Å². The number of amides is 1. The number of aliphatic hydroxyl groups is 1. The molecule has 7 nitrogen and oxygen atoms in total. The summed E-state index contributed by atoms with van der Waals surface area (Å²) in [4.78, 5) is 14.3. The van der Waals surface area contributed by atoms with Crippen LogP contribution in [0.15, 0.2) is 65.2 Å². The molecule has 0 aliphatic heterocycles. The lowest BCUT2D eigenvalue weighted by Crippen LogP contribution is -2.33. The Labute approximate surface area is 163 Å². The zero-order valence-corrected chi connectivity index (χ0v) is 15.6. The second-order valence-corrected chi connectivity index (χ2v) is 6.05. The van der Waals surface area contributed by atoms with Gasteiger partial charge in [-0.25, -0.2) is 0 Å². The Hall–Kier alpha value is -3.32. The van der Waals surface area contributed by atoms with E-state index in [4.69, 9.17) is 14.0 Å². The molecule has 0 saturated carbocycles. The Balaban J connectivity index is 1.66. The molecule has 0 aliphatic rings. The lowest BCUT2D eigenvalue weighted by atomic mass is 10.2. The average Bonchev–Trinajstić information content (AvgIpc) is 3.21. The van der Waals surface area contributed by atoms with Crippen LogP contribution in [-0.2, 0) is 13.2 Å². The number of carbonyl (C=O) groups is 1. The lowest BCUT2D eigenvalue weighted by molar-refractivity contribution is 0.0697. The number of benzene rings is 2. The third-order valence-corrected chi connectivity index (χ3v) is 4.09. The summed E-state index contributed by atoms with van der Waals surface area (Å²) in [5.41, 5.74) is 1.13. The molecule has 0 bridgehead atoms. The highest BCUT2D eigenvalue weighted by atomic mass is 16.5. The van der Waals surface area contributed by atoms with Crippen molar-refractivity contribution in [2.24, 2.45) is 0 Å². The van der Waals surface area contributed by atoms with Gasteiger partial charge < -0.3 is 24.0 Å². The Morgan fingerprint density at radius 3 is 2.54 bits per heavy atom. The maximum Gasteiger partial charge on any atom is 0.276 e. The number of ether oxygens (including phenoxy) is 2. The van der Waals surface area contributed by atoms with Crippen molar-refractivity contribution >= 4 is 5.91 Å². The van der Waals surface area contributed by atoms with Crippen LogP contribution in [0.3, 0.4) is 0 Å². The summed E-state index contributed by atoms with van der Waals surface area (Å²) in [7, 11) is 1.57. The van der Waals surface area contributed by atoms with Gasteiger partial charge in [0.2, 0.25) is 0 Å². The molecule has 0 aliphatic carbocycles. The summed E-state index contributed by atoms with van der Waals surface area (Å²) < 4.78 is 16.2. The Morgan fingerprint density at radius 1 is 1.11 bits per heavy atom. The van der Waals surface area contributed by atoms with E-state index in [1.54, 1.807) is 25.3 Å². The fourth-order valence-corrected chi connectivity index (χ4v) is 2.71. The standard InChI is InChI=1S/C21H22N2O5/c1-26-19-9-5-6-10-20(19)27-15-17-13-18(22-28-17)21(25)23(11-12-24)14-16-7-3-2-4-8-16/h2-10,13,24H,11-12,14-15H2,1H3. The van der Waals surface area contributed by atoms with Crippen molar-refractivity contribution in [2.45, 2.75) is 13.2 Å². The van der Waals surface area contributed by atoms with Crippen LogP contribution in [0.1, 0.15) is 21.8 Å². The highest BCUT2D eigenvalue weighted by Crippen LogP contribution is 2.26. The second-order valence-electron chi connectivity index (χ2n) is 6.05. The zero-order chi connectivity index (χ0) is 19.8. The fraction of sp³-hybridized carbons (Fsp3) is 0.238. The third kappa shape index (κ3) is 4.89. The van der Waals surface area contributed by atoms with Gasteiger partial charge in [0.05, 0.1) is 13.7 Å². The van der Waals surface area contributed by atoms with Gasteiger partial charge in [0.1, 0.15) is 6.61 Å². The van der Waals surface area contributed by atoms with Gasteiger partial charge in [-0.05, 0) is 17.7 Å². The molecule has 1 aromatic heterocycles. The van der Waals surface area contributed by atoms with Gasteiger partial charge in [0, 0.05) is 19.2 Å². The van der Waals surface area contributed by atoms with Gasteiger partial charge in [-0.2, -0.15) is 0 Å². The molecular weight excluding hydrogens is 360 g/mol. The van der Waals surface area contributed by atoms with Gasteiger partial charge >= 0.3 is 0 Å². The van der Waals surface area contributed by atoms with E-state index >= 15 is 0 Å². The first kappa shape index (κ1) is 19.4. The van der Waals surface area contributed by atoms with E-state index < -0.39 is 0 Å². The molecule has 1 heterocycles. The molecule has 0 unspecified atom stereocenters. The number of rotatable bonds is 9. The molecule has 0 atom stereocenters. The van der Waals surface area contributed by atoms with Crippen molar-refractivity contribution < 1.29 is 23.9 Å². The predicted molar refractivity (Wildman–Crippen MR) is 102 cm³/mol. The largest absolute Gasteiger partial charge is 0.493 e. The molecule has 146 valence electrons. The topological polar surface area (TPSA) is 85.0 Å². The average molecular weight is 382 g/mol. The predicted octanol–water partition coefficient (Wildman–Crippen LogP) is 2.90. The molecule has 1 N–H and O–H groups in total. The molecular formula is C21H22N2O5. The van der Waals surface area contributed by atoms with E-state index in [9.17, 15) is 9.90 Å². The highest BCUT2D eigenvalue weighted by Gasteiger charge is 2.20. The quantitative estimate of drug-likeness (QED) is 0.613. The first-order chi connectivity index (χ1) is 13.7. The summed E-state index contributed by atoms with van der Waals surface area (Å²) in [6.45, 7) is 0.549. The molecule has 0 radical (unpaired) electrons. The van der Waals surface area contributed by atoms with Gasteiger partial charge in [0.25, 0.3) is 5.91 Å². The van der Waals surface area contributed by atoms with Crippen molar-refractivity contribution in [3.63, 3.8) is 0 Å². The number of para-hydroxylation sites is 2. The van der Waals surface area contributed by atoms with Crippen molar-refractivity contribution in [1.82, 2.24) is 10.1 Å². The van der Waals surface area contributed by atoms with E-state index in [-0.39, 0.29) is 31.4 Å².